The Labute approximate surface area is 142 Å². The first-order chi connectivity index (χ1) is 11.1. The van der Waals surface area contributed by atoms with E-state index in [4.69, 9.17) is 12.2 Å². The topological polar surface area (TPSA) is 71.6 Å². The number of rotatable bonds is 6. The number of non-ortho nitro benzene ring substituents is 1. The number of anilines is 1. The fraction of sp³-hybridized carbons (Fsp3) is 0.562. The molecule has 0 aromatic heterocycles. The van der Waals surface area contributed by atoms with Crippen LogP contribution in [0.4, 0.5) is 11.4 Å². The van der Waals surface area contributed by atoms with Gasteiger partial charge in [0.1, 0.15) is 0 Å². The molecular weight excluding hydrogens is 312 g/mol. The third-order valence-corrected chi connectivity index (χ3v) is 4.62. The molecule has 126 valence electrons. The van der Waals surface area contributed by atoms with Crippen LogP contribution in [0.15, 0.2) is 24.3 Å². The zero-order chi connectivity index (χ0) is 16.7. The highest BCUT2D eigenvalue weighted by Gasteiger charge is 2.20. The molecule has 1 heterocycles. The Morgan fingerprint density at radius 1 is 1.39 bits per heavy atom. The maximum Gasteiger partial charge on any atom is 0.269 e. The summed E-state index contributed by atoms with van der Waals surface area (Å²) in [5, 5.41) is 17.4. The number of hydrogen-bond donors (Lipinski definition) is 3. The number of nitrogens with zero attached hydrogens (tertiary/aromatic N) is 1. The van der Waals surface area contributed by atoms with E-state index in [1.54, 1.807) is 17.0 Å². The molecule has 1 saturated heterocycles. The van der Waals surface area contributed by atoms with Gasteiger partial charge in [0, 0.05) is 30.8 Å². The highest BCUT2D eigenvalue weighted by Crippen LogP contribution is 2.15. The molecule has 1 fully saturated rings. The van der Waals surface area contributed by atoms with Crippen molar-refractivity contribution in [2.75, 3.05) is 25.0 Å². The van der Waals surface area contributed by atoms with Crippen LogP contribution in [-0.4, -0.2) is 35.7 Å². The molecule has 2 rings (SSSR count). The minimum Gasteiger partial charge on any atom is -0.362 e. The number of thiocarbonyl (C=S) groups is 1. The van der Waals surface area contributed by atoms with E-state index in [2.05, 4.69) is 17.6 Å². The molecule has 2 atom stereocenters. The van der Waals surface area contributed by atoms with Gasteiger partial charge in [0.2, 0.25) is 0 Å². The van der Waals surface area contributed by atoms with Crippen molar-refractivity contribution in [2.45, 2.75) is 38.6 Å². The summed E-state index contributed by atoms with van der Waals surface area (Å²) in [6.45, 7) is 5.64. The highest BCUT2D eigenvalue weighted by molar-refractivity contribution is 7.80. The Balaban J connectivity index is 1.65. The molecule has 23 heavy (non-hydrogen) atoms. The van der Waals surface area contributed by atoms with Gasteiger partial charge >= 0.3 is 0 Å². The second kappa shape index (κ2) is 8.79. The average molecular weight is 337 g/mol. The van der Waals surface area contributed by atoms with Crippen LogP contribution in [-0.2, 0) is 0 Å². The third kappa shape index (κ3) is 5.76. The number of nitrogens with one attached hydrogen (secondary N) is 3. The van der Waals surface area contributed by atoms with Gasteiger partial charge in [-0.15, -0.1) is 0 Å². The molecule has 0 bridgehead atoms. The lowest BCUT2D eigenvalue weighted by atomic mass is 10.0. The molecule has 0 saturated carbocycles. The molecule has 1 aromatic carbocycles. The Hall–Kier alpha value is -1.73. The third-order valence-electron chi connectivity index (χ3n) is 4.38. The first-order valence-corrected chi connectivity index (χ1v) is 8.61. The first kappa shape index (κ1) is 17.6. The number of likely N-dealkylation sites (tertiary alicyclic amines) is 1. The van der Waals surface area contributed by atoms with Crippen LogP contribution in [0.2, 0.25) is 0 Å². The van der Waals surface area contributed by atoms with Crippen LogP contribution in [0.25, 0.3) is 0 Å². The summed E-state index contributed by atoms with van der Waals surface area (Å²) in [4.78, 5) is 11.9. The van der Waals surface area contributed by atoms with E-state index >= 15 is 0 Å². The van der Waals surface area contributed by atoms with Crippen molar-refractivity contribution in [1.29, 1.82) is 0 Å². The van der Waals surface area contributed by atoms with Gasteiger partial charge in [0.05, 0.1) is 24.1 Å². The van der Waals surface area contributed by atoms with Crippen molar-refractivity contribution in [3.8, 4) is 0 Å². The van der Waals surface area contributed by atoms with E-state index in [-0.39, 0.29) is 5.69 Å². The van der Waals surface area contributed by atoms with Crippen LogP contribution in [0.1, 0.15) is 32.6 Å². The molecule has 0 radical (unpaired) electrons. The highest BCUT2D eigenvalue weighted by atomic mass is 32.1. The van der Waals surface area contributed by atoms with E-state index in [1.807, 2.05) is 0 Å². The summed E-state index contributed by atoms with van der Waals surface area (Å²) in [5.74, 6) is 0. The SMILES string of the molecule is C[C@@H]1CCCC[NH+]1CCCNC(=S)Nc1ccc([N+](=O)[O-])cc1. The van der Waals surface area contributed by atoms with E-state index in [9.17, 15) is 10.1 Å². The van der Waals surface area contributed by atoms with Gasteiger partial charge in [-0.05, 0) is 50.5 Å². The molecule has 1 aliphatic heterocycles. The minimum absolute atomic E-state index is 0.0769. The van der Waals surface area contributed by atoms with E-state index in [1.165, 1.54) is 44.5 Å². The van der Waals surface area contributed by atoms with Crippen molar-refractivity contribution >= 4 is 28.7 Å². The van der Waals surface area contributed by atoms with E-state index < -0.39 is 4.92 Å². The molecular formula is C16H25N4O2S+. The van der Waals surface area contributed by atoms with E-state index in [0.717, 1.165) is 24.7 Å². The van der Waals surface area contributed by atoms with Gasteiger partial charge in [-0.2, -0.15) is 0 Å². The summed E-state index contributed by atoms with van der Waals surface area (Å²) in [6, 6.07) is 7.02. The summed E-state index contributed by atoms with van der Waals surface area (Å²) in [6.07, 6.45) is 5.13. The smallest absolute Gasteiger partial charge is 0.269 e. The van der Waals surface area contributed by atoms with Crippen molar-refractivity contribution < 1.29 is 9.82 Å². The molecule has 3 N–H and O–H groups in total. The molecule has 0 spiro atoms. The average Bonchev–Trinajstić information content (AvgIpc) is 2.53. The number of hydrogen-bond acceptors (Lipinski definition) is 3. The van der Waals surface area contributed by atoms with Crippen LogP contribution in [0, 0.1) is 10.1 Å². The number of quaternary nitrogens is 1. The van der Waals surface area contributed by atoms with Gasteiger partial charge in [-0.1, -0.05) is 0 Å². The molecule has 0 amide bonds. The van der Waals surface area contributed by atoms with Gasteiger partial charge in [-0.3, -0.25) is 10.1 Å². The minimum atomic E-state index is -0.412. The lowest BCUT2D eigenvalue weighted by Crippen LogP contribution is -3.16. The van der Waals surface area contributed by atoms with Crippen molar-refractivity contribution in [1.82, 2.24) is 5.32 Å². The molecule has 6 nitrogen and oxygen atoms in total. The summed E-state index contributed by atoms with van der Waals surface area (Å²) in [7, 11) is 0. The van der Waals surface area contributed by atoms with E-state index in [0.29, 0.717) is 5.11 Å². The van der Waals surface area contributed by atoms with Crippen LogP contribution in [0.3, 0.4) is 0 Å². The van der Waals surface area contributed by atoms with Gasteiger partial charge in [-0.25, -0.2) is 0 Å². The molecule has 1 aromatic rings. The number of piperidine rings is 1. The fourth-order valence-electron chi connectivity index (χ4n) is 2.98. The number of benzene rings is 1. The van der Waals surface area contributed by atoms with Gasteiger partial charge in [0.15, 0.2) is 5.11 Å². The predicted molar refractivity (Wildman–Crippen MR) is 95.9 cm³/mol. The number of nitro benzene ring substituents is 1. The standard InChI is InChI=1S/C16H24N4O2S/c1-13-5-2-3-11-19(13)12-4-10-17-16(23)18-14-6-8-15(9-7-14)20(21)22/h6-9,13H,2-5,10-12H2,1H3,(H2,17,18,23)/p+1/t13-/m1/s1. The summed E-state index contributed by atoms with van der Waals surface area (Å²) in [5.41, 5.74) is 0.830. The Morgan fingerprint density at radius 3 is 2.78 bits per heavy atom. The molecule has 1 aliphatic rings. The normalized spacial score (nSPS) is 20.7. The van der Waals surface area contributed by atoms with Crippen molar-refractivity contribution in [2.24, 2.45) is 0 Å². The maximum atomic E-state index is 10.6. The molecule has 1 unspecified atom stereocenters. The second-order valence-corrected chi connectivity index (χ2v) is 6.50. The quantitative estimate of drug-likeness (QED) is 0.319. The lowest BCUT2D eigenvalue weighted by molar-refractivity contribution is -0.928. The fourth-order valence-corrected chi connectivity index (χ4v) is 3.20. The summed E-state index contributed by atoms with van der Waals surface area (Å²) < 4.78 is 0. The van der Waals surface area contributed by atoms with Crippen LogP contribution >= 0.6 is 12.2 Å². The second-order valence-electron chi connectivity index (χ2n) is 6.09. The number of nitro groups is 1. The summed E-state index contributed by atoms with van der Waals surface area (Å²) >= 11 is 5.25. The monoisotopic (exact) mass is 337 g/mol. The Morgan fingerprint density at radius 2 is 2.13 bits per heavy atom. The zero-order valence-electron chi connectivity index (χ0n) is 13.5. The maximum absolute atomic E-state index is 10.6. The Bertz CT molecular complexity index is 535. The van der Waals surface area contributed by atoms with Crippen LogP contribution < -0.4 is 15.5 Å². The van der Waals surface area contributed by atoms with Crippen molar-refractivity contribution in [3.63, 3.8) is 0 Å². The van der Waals surface area contributed by atoms with Crippen LogP contribution in [0.5, 0.6) is 0 Å². The molecule has 7 heteroatoms. The van der Waals surface area contributed by atoms with Crippen molar-refractivity contribution in [3.05, 3.63) is 34.4 Å². The first-order valence-electron chi connectivity index (χ1n) is 8.20. The predicted octanol–water partition coefficient (Wildman–Crippen LogP) is 1.73. The van der Waals surface area contributed by atoms with Gasteiger partial charge in [0.25, 0.3) is 5.69 Å². The van der Waals surface area contributed by atoms with Gasteiger partial charge < -0.3 is 15.5 Å². The molecule has 0 aliphatic carbocycles. The lowest BCUT2D eigenvalue weighted by Gasteiger charge is -2.30. The Kier molecular flexibility index (Phi) is 6.73. The zero-order valence-corrected chi connectivity index (χ0v) is 14.3. The largest absolute Gasteiger partial charge is 0.362 e.